The van der Waals surface area contributed by atoms with E-state index >= 15 is 0 Å². The van der Waals surface area contributed by atoms with Gasteiger partial charge in [-0.1, -0.05) is 24.3 Å². The molecule has 27 heavy (non-hydrogen) atoms. The predicted octanol–water partition coefficient (Wildman–Crippen LogP) is 1.23. The number of amides is 1. The monoisotopic (exact) mass is 379 g/mol. The van der Waals surface area contributed by atoms with Crippen LogP contribution < -0.4 is 10.2 Å². The number of carbonyl (C=O) groups is 2. The lowest BCUT2D eigenvalue weighted by Gasteiger charge is -2.31. The maximum atomic E-state index is 13.7. The SMILES string of the molecule is COC(=O)[C@@H]1Cc2ccccc2C[NH+]1CC(=O)Nc1ccc(F)c(F)c1F. The van der Waals surface area contributed by atoms with Crippen molar-refractivity contribution in [1.82, 2.24) is 0 Å². The molecule has 0 radical (unpaired) electrons. The van der Waals surface area contributed by atoms with Gasteiger partial charge in [0.2, 0.25) is 0 Å². The van der Waals surface area contributed by atoms with Crippen molar-refractivity contribution in [3.63, 3.8) is 0 Å². The fraction of sp³-hybridized carbons (Fsp3) is 0.263. The van der Waals surface area contributed by atoms with E-state index in [-0.39, 0.29) is 6.54 Å². The number of anilines is 1. The number of rotatable bonds is 4. The fourth-order valence-corrected chi connectivity index (χ4v) is 3.26. The summed E-state index contributed by atoms with van der Waals surface area (Å²) in [5, 5.41) is 2.23. The number of hydrogen-bond acceptors (Lipinski definition) is 3. The molecule has 0 spiro atoms. The second-order valence-electron chi connectivity index (χ2n) is 6.33. The van der Waals surface area contributed by atoms with Crippen LogP contribution in [-0.4, -0.2) is 31.6 Å². The highest BCUT2D eigenvalue weighted by molar-refractivity contribution is 5.91. The van der Waals surface area contributed by atoms with Gasteiger partial charge in [0.05, 0.1) is 12.8 Å². The molecule has 3 rings (SSSR count). The van der Waals surface area contributed by atoms with Crippen molar-refractivity contribution in [2.45, 2.75) is 19.0 Å². The largest absolute Gasteiger partial charge is 0.465 e. The lowest BCUT2D eigenvalue weighted by Crippen LogP contribution is -3.17. The number of ether oxygens (including phenoxy) is 1. The Morgan fingerprint density at radius 1 is 1.11 bits per heavy atom. The molecular formula is C19H18F3N2O3+. The van der Waals surface area contributed by atoms with Gasteiger partial charge in [0.15, 0.2) is 30.0 Å². The van der Waals surface area contributed by atoms with Crippen LogP contribution in [-0.2, 0) is 27.3 Å². The number of quaternary nitrogens is 1. The molecule has 142 valence electrons. The third-order valence-corrected chi connectivity index (χ3v) is 4.64. The molecule has 0 saturated carbocycles. The van der Waals surface area contributed by atoms with Crippen LogP contribution in [0.4, 0.5) is 18.9 Å². The predicted molar refractivity (Wildman–Crippen MR) is 90.4 cm³/mol. The summed E-state index contributed by atoms with van der Waals surface area (Å²) >= 11 is 0. The lowest BCUT2D eigenvalue weighted by molar-refractivity contribution is -0.924. The van der Waals surface area contributed by atoms with E-state index in [1.165, 1.54) is 7.11 Å². The van der Waals surface area contributed by atoms with Gasteiger partial charge < -0.3 is 15.0 Å². The molecule has 1 heterocycles. The van der Waals surface area contributed by atoms with E-state index in [2.05, 4.69) is 5.32 Å². The molecule has 0 aliphatic carbocycles. The van der Waals surface area contributed by atoms with Crippen LogP contribution in [0.25, 0.3) is 0 Å². The number of esters is 1. The van der Waals surface area contributed by atoms with Gasteiger partial charge in [0, 0.05) is 12.0 Å². The number of halogens is 3. The van der Waals surface area contributed by atoms with Gasteiger partial charge in [0.25, 0.3) is 5.91 Å². The Morgan fingerprint density at radius 3 is 2.52 bits per heavy atom. The van der Waals surface area contributed by atoms with Crippen molar-refractivity contribution in [3.05, 3.63) is 65.0 Å². The minimum Gasteiger partial charge on any atom is -0.465 e. The van der Waals surface area contributed by atoms with E-state index in [9.17, 15) is 22.8 Å². The minimum absolute atomic E-state index is 0.160. The highest BCUT2D eigenvalue weighted by atomic mass is 19.2. The lowest BCUT2D eigenvalue weighted by atomic mass is 9.94. The summed E-state index contributed by atoms with van der Waals surface area (Å²) in [7, 11) is 1.28. The molecule has 2 N–H and O–H groups in total. The molecule has 1 aliphatic heterocycles. The topological polar surface area (TPSA) is 59.8 Å². The van der Waals surface area contributed by atoms with Gasteiger partial charge in [-0.05, 0) is 17.7 Å². The third-order valence-electron chi connectivity index (χ3n) is 4.64. The van der Waals surface area contributed by atoms with Crippen LogP contribution in [0.5, 0.6) is 0 Å². The molecule has 1 amide bonds. The molecule has 1 unspecified atom stereocenters. The van der Waals surface area contributed by atoms with Gasteiger partial charge in [-0.25, -0.2) is 18.0 Å². The van der Waals surface area contributed by atoms with Crippen LogP contribution in [0, 0.1) is 17.5 Å². The number of benzene rings is 2. The van der Waals surface area contributed by atoms with E-state index < -0.39 is 41.1 Å². The standard InChI is InChI=1S/C19H17F3N2O3/c1-27-19(26)15-8-11-4-2-3-5-12(11)9-24(15)10-16(25)23-14-7-6-13(20)17(21)18(14)22/h2-7,15H,8-10H2,1H3,(H,23,25)/p+1/t15-/m0/s1. The first kappa shape index (κ1) is 18.9. The summed E-state index contributed by atoms with van der Waals surface area (Å²) in [5.41, 5.74) is 1.55. The minimum atomic E-state index is -1.65. The number of carbonyl (C=O) groups excluding carboxylic acids is 2. The smallest absolute Gasteiger partial charge is 0.365 e. The van der Waals surface area contributed by atoms with E-state index in [1.54, 1.807) is 0 Å². The zero-order valence-corrected chi connectivity index (χ0v) is 14.5. The Hall–Kier alpha value is -2.87. The molecule has 1 aliphatic rings. The summed E-state index contributed by atoms with van der Waals surface area (Å²) in [6, 6.07) is 8.65. The van der Waals surface area contributed by atoms with Crippen molar-refractivity contribution in [2.75, 3.05) is 19.0 Å². The van der Waals surface area contributed by atoms with E-state index in [0.29, 0.717) is 17.9 Å². The molecule has 0 fully saturated rings. The second-order valence-corrected chi connectivity index (χ2v) is 6.33. The Kier molecular flexibility index (Phi) is 5.46. The molecule has 2 aromatic carbocycles. The van der Waals surface area contributed by atoms with Crippen LogP contribution in [0.15, 0.2) is 36.4 Å². The van der Waals surface area contributed by atoms with Gasteiger partial charge in [0.1, 0.15) is 6.54 Å². The first-order valence-electron chi connectivity index (χ1n) is 8.33. The van der Waals surface area contributed by atoms with E-state index in [0.717, 1.165) is 23.3 Å². The number of fused-ring (bicyclic) bond motifs is 1. The van der Waals surface area contributed by atoms with Crippen LogP contribution in [0.2, 0.25) is 0 Å². The molecular weight excluding hydrogens is 361 g/mol. The maximum Gasteiger partial charge on any atom is 0.365 e. The molecule has 0 aromatic heterocycles. The van der Waals surface area contributed by atoms with Gasteiger partial charge in [-0.2, -0.15) is 0 Å². The quantitative estimate of drug-likeness (QED) is 0.621. The average Bonchev–Trinajstić information content (AvgIpc) is 2.67. The third kappa shape index (κ3) is 3.95. The molecule has 5 nitrogen and oxygen atoms in total. The van der Waals surface area contributed by atoms with Crippen LogP contribution in [0.3, 0.4) is 0 Å². The highest BCUT2D eigenvalue weighted by Gasteiger charge is 2.37. The summed E-state index contributed by atoms with van der Waals surface area (Å²) in [4.78, 5) is 25.1. The van der Waals surface area contributed by atoms with Crippen molar-refractivity contribution < 1.29 is 32.4 Å². The van der Waals surface area contributed by atoms with E-state index in [4.69, 9.17) is 4.74 Å². The first-order valence-corrected chi connectivity index (χ1v) is 8.33. The fourth-order valence-electron chi connectivity index (χ4n) is 3.26. The average molecular weight is 379 g/mol. The summed E-state index contributed by atoms with van der Waals surface area (Å²) in [6.45, 7) is 0.246. The van der Waals surface area contributed by atoms with Crippen molar-refractivity contribution in [2.24, 2.45) is 0 Å². The Labute approximate surface area is 153 Å². The second kappa shape index (κ2) is 7.79. The van der Waals surface area contributed by atoms with E-state index in [1.807, 2.05) is 24.3 Å². The Morgan fingerprint density at radius 2 is 1.81 bits per heavy atom. The number of hydrogen-bond donors (Lipinski definition) is 2. The Balaban J connectivity index is 1.77. The van der Waals surface area contributed by atoms with Crippen molar-refractivity contribution in [3.8, 4) is 0 Å². The highest BCUT2D eigenvalue weighted by Crippen LogP contribution is 2.19. The van der Waals surface area contributed by atoms with Crippen LogP contribution in [0.1, 0.15) is 11.1 Å². The zero-order chi connectivity index (χ0) is 19.6. The summed E-state index contributed by atoms with van der Waals surface area (Å²) < 4.78 is 44.9. The summed E-state index contributed by atoms with van der Waals surface area (Å²) in [5.74, 6) is -5.53. The summed E-state index contributed by atoms with van der Waals surface area (Å²) in [6.07, 6.45) is 0.408. The Bertz CT molecular complexity index is 888. The van der Waals surface area contributed by atoms with Crippen molar-refractivity contribution >= 4 is 17.6 Å². The zero-order valence-electron chi connectivity index (χ0n) is 14.5. The van der Waals surface area contributed by atoms with Gasteiger partial charge >= 0.3 is 5.97 Å². The molecule has 8 heteroatoms. The number of methoxy groups -OCH3 is 1. The molecule has 2 atom stereocenters. The first-order chi connectivity index (χ1) is 12.9. The molecule has 2 aromatic rings. The molecule has 0 saturated heterocycles. The van der Waals surface area contributed by atoms with Gasteiger partial charge in [-0.15, -0.1) is 0 Å². The van der Waals surface area contributed by atoms with Gasteiger partial charge in [-0.3, -0.25) is 4.79 Å². The molecule has 0 bridgehead atoms. The maximum absolute atomic E-state index is 13.7. The van der Waals surface area contributed by atoms with Crippen molar-refractivity contribution in [1.29, 1.82) is 0 Å². The van der Waals surface area contributed by atoms with Crippen LogP contribution >= 0.6 is 0 Å². The normalized spacial score (nSPS) is 18.5. The number of nitrogens with one attached hydrogen (secondary N) is 2.